The molecule has 0 saturated heterocycles. The summed E-state index contributed by atoms with van der Waals surface area (Å²) in [5.74, 6) is 0.00831. The van der Waals surface area contributed by atoms with Crippen LogP contribution >= 0.6 is 0 Å². The van der Waals surface area contributed by atoms with Crippen LogP contribution in [-0.2, 0) is 0 Å². The highest BCUT2D eigenvalue weighted by Crippen LogP contribution is 2.18. The van der Waals surface area contributed by atoms with E-state index in [9.17, 15) is 9.59 Å². The molecular weight excluding hydrogens is 292 g/mol. The number of hydrogen-bond acceptors (Lipinski definition) is 3. The topological polar surface area (TPSA) is 67.4 Å². The molecule has 0 aliphatic heterocycles. The van der Waals surface area contributed by atoms with Gasteiger partial charge in [0.05, 0.1) is 18.4 Å². The van der Waals surface area contributed by atoms with E-state index in [-0.39, 0.29) is 11.8 Å². The molecule has 2 rings (SSSR count). The summed E-state index contributed by atoms with van der Waals surface area (Å²) in [7, 11) is 1.54. The highest BCUT2D eigenvalue weighted by molar-refractivity contribution is 6.09. The average molecular weight is 310 g/mol. The molecule has 5 nitrogen and oxygen atoms in total. The summed E-state index contributed by atoms with van der Waals surface area (Å²) in [4.78, 5) is 24.5. The fraction of sp³-hybridized carbons (Fsp3) is 0.111. The fourth-order valence-corrected chi connectivity index (χ4v) is 2.01. The Hall–Kier alpha value is -3.08. The summed E-state index contributed by atoms with van der Waals surface area (Å²) in [6.45, 7) is 3.91. The molecule has 0 spiro atoms. The Kier molecular flexibility index (Phi) is 5.52. The van der Waals surface area contributed by atoms with Crippen molar-refractivity contribution < 1.29 is 14.3 Å². The number of hydrogen-bond donors (Lipinski definition) is 2. The van der Waals surface area contributed by atoms with E-state index in [4.69, 9.17) is 4.74 Å². The maximum atomic E-state index is 12.4. The smallest absolute Gasteiger partial charge is 0.255 e. The molecule has 0 heterocycles. The van der Waals surface area contributed by atoms with Gasteiger partial charge >= 0.3 is 0 Å². The first-order valence-corrected chi connectivity index (χ1v) is 7.09. The van der Waals surface area contributed by atoms with E-state index in [0.717, 1.165) is 0 Å². The van der Waals surface area contributed by atoms with Crippen molar-refractivity contribution in [1.82, 2.24) is 5.32 Å². The molecule has 0 aliphatic carbocycles. The van der Waals surface area contributed by atoms with E-state index in [1.807, 2.05) is 0 Å². The molecule has 0 atom stereocenters. The van der Waals surface area contributed by atoms with E-state index < -0.39 is 0 Å². The molecule has 0 saturated carbocycles. The van der Waals surface area contributed by atoms with Gasteiger partial charge in [-0.25, -0.2) is 0 Å². The van der Waals surface area contributed by atoms with Crippen LogP contribution in [0.3, 0.4) is 0 Å². The molecular formula is C18H18N2O3. The summed E-state index contributed by atoms with van der Waals surface area (Å²) < 4.78 is 5.11. The van der Waals surface area contributed by atoms with E-state index in [1.165, 1.54) is 7.11 Å². The van der Waals surface area contributed by atoms with Crippen LogP contribution in [0.15, 0.2) is 61.2 Å². The molecule has 5 heteroatoms. The molecule has 0 fully saturated rings. The highest BCUT2D eigenvalue weighted by Gasteiger charge is 2.13. The Morgan fingerprint density at radius 2 is 1.91 bits per heavy atom. The minimum absolute atomic E-state index is 0.272. The highest BCUT2D eigenvalue weighted by atomic mass is 16.5. The van der Waals surface area contributed by atoms with Crippen molar-refractivity contribution in [1.29, 1.82) is 0 Å². The minimum Gasteiger partial charge on any atom is -0.497 e. The zero-order chi connectivity index (χ0) is 16.7. The van der Waals surface area contributed by atoms with Crippen LogP contribution in [0.25, 0.3) is 0 Å². The summed E-state index contributed by atoms with van der Waals surface area (Å²) >= 11 is 0. The van der Waals surface area contributed by atoms with Crippen LogP contribution in [0.5, 0.6) is 5.75 Å². The van der Waals surface area contributed by atoms with Gasteiger partial charge in [-0.2, -0.15) is 0 Å². The first-order chi connectivity index (χ1) is 11.2. The van der Waals surface area contributed by atoms with Gasteiger partial charge in [0.25, 0.3) is 11.8 Å². The normalized spacial score (nSPS) is 9.78. The largest absolute Gasteiger partial charge is 0.497 e. The number of benzene rings is 2. The zero-order valence-electron chi connectivity index (χ0n) is 12.8. The maximum absolute atomic E-state index is 12.4. The second kappa shape index (κ2) is 7.79. The van der Waals surface area contributed by atoms with Crippen LogP contribution in [0.4, 0.5) is 5.69 Å². The van der Waals surface area contributed by atoms with Gasteiger partial charge in [0.15, 0.2) is 0 Å². The number of methoxy groups -OCH3 is 1. The lowest BCUT2D eigenvalue weighted by Crippen LogP contribution is -2.25. The Bertz CT molecular complexity index is 726. The first-order valence-electron chi connectivity index (χ1n) is 7.09. The van der Waals surface area contributed by atoms with Crippen LogP contribution < -0.4 is 15.4 Å². The molecule has 23 heavy (non-hydrogen) atoms. The SMILES string of the molecule is C=CCNC(=O)c1ccccc1NC(=O)c1cccc(OC)c1. The zero-order valence-corrected chi connectivity index (χ0v) is 12.8. The molecule has 0 bridgehead atoms. The lowest BCUT2D eigenvalue weighted by molar-refractivity contribution is 0.0959. The van der Waals surface area contributed by atoms with Gasteiger partial charge in [0.2, 0.25) is 0 Å². The van der Waals surface area contributed by atoms with Crippen LogP contribution in [0.2, 0.25) is 0 Å². The van der Waals surface area contributed by atoms with E-state index in [2.05, 4.69) is 17.2 Å². The molecule has 0 radical (unpaired) electrons. The monoisotopic (exact) mass is 310 g/mol. The summed E-state index contributed by atoms with van der Waals surface area (Å²) in [5, 5.41) is 5.45. The van der Waals surface area contributed by atoms with Gasteiger partial charge < -0.3 is 15.4 Å². The van der Waals surface area contributed by atoms with Gasteiger partial charge in [-0.05, 0) is 30.3 Å². The van der Waals surface area contributed by atoms with E-state index in [0.29, 0.717) is 29.1 Å². The Morgan fingerprint density at radius 3 is 2.65 bits per heavy atom. The molecule has 2 amide bonds. The second-order valence-electron chi connectivity index (χ2n) is 4.73. The predicted molar refractivity (Wildman–Crippen MR) is 89.9 cm³/mol. The third-order valence-corrected chi connectivity index (χ3v) is 3.16. The fourth-order valence-electron chi connectivity index (χ4n) is 2.01. The number of ether oxygens (including phenoxy) is 1. The molecule has 0 unspecified atom stereocenters. The number of amides is 2. The number of carbonyl (C=O) groups excluding carboxylic acids is 2. The number of rotatable bonds is 6. The lowest BCUT2D eigenvalue weighted by Gasteiger charge is -2.11. The van der Waals surface area contributed by atoms with Gasteiger partial charge in [0.1, 0.15) is 5.75 Å². The molecule has 2 N–H and O–H groups in total. The summed E-state index contributed by atoms with van der Waals surface area (Å²) in [6.07, 6.45) is 1.59. The molecule has 2 aromatic carbocycles. The molecule has 0 aromatic heterocycles. The number of carbonyl (C=O) groups is 2. The number of para-hydroxylation sites is 1. The van der Waals surface area contributed by atoms with Crippen LogP contribution in [-0.4, -0.2) is 25.5 Å². The third-order valence-electron chi connectivity index (χ3n) is 3.16. The Labute approximate surface area is 135 Å². The van der Waals surface area contributed by atoms with E-state index in [1.54, 1.807) is 54.6 Å². The van der Waals surface area contributed by atoms with Gasteiger partial charge in [-0.15, -0.1) is 6.58 Å². The summed E-state index contributed by atoms with van der Waals surface area (Å²) in [6, 6.07) is 13.6. The molecule has 118 valence electrons. The van der Waals surface area contributed by atoms with Crippen molar-refractivity contribution in [3.05, 3.63) is 72.3 Å². The van der Waals surface area contributed by atoms with Crippen molar-refractivity contribution in [2.75, 3.05) is 19.0 Å². The average Bonchev–Trinajstić information content (AvgIpc) is 2.60. The summed E-state index contributed by atoms with van der Waals surface area (Å²) in [5.41, 5.74) is 1.29. The lowest BCUT2D eigenvalue weighted by atomic mass is 10.1. The van der Waals surface area contributed by atoms with Gasteiger partial charge in [-0.3, -0.25) is 9.59 Å². The number of nitrogens with one attached hydrogen (secondary N) is 2. The Balaban J connectivity index is 2.20. The van der Waals surface area contributed by atoms with Crippen molar-refractivity contribution in [3.8, 4) is 5.75 Å². The second-order valence-corrected chi connectivity index (χ2v) is 4.73. The molecule has 2 aromatic rings. The number of anilines is 1. The van der Waals surface area contributed by atoms with Crippen molar-refractivity contribution >= 4 is 17.5 Å². The Morgan fingerprint density at radius 1 is 1.13 bits per heavy atom. The third kappa shape index (κ3) is 4.20. The van der Waals surface area contributed by atoms with Crippen molar-refractivity contribution in [3.63, 3.8) is 0 Å². The maximum Gasteiger partial charge on any atom is 0.255 e. The minimum atomic E-state index is -0.312. The quantitative estimate of drug-likeness (QED) is 0.806. The first kappa shape index (κ1) is 16.3. The van der Waals surface area contributed by atoms with Crippen LogP contribution in [0.1, 0.15) is 20.7 Å². The van der Waals surface area contributed by atoms with Gasteiger partial charge in [0, 0.05) is 12.1 Å². The standard InChI is InChI=1S/C18H18N2O3/c1-3-11-19-18(22)15-9-4-5-10-16(15)20-17(21)13-7-6-8-14(12-13)23-2/h3-10,12H,1,11H2,2H3,(H,19,22)(H,20,21). The van der Waals surface area contributed by atoms with Crippen molar-refractivity contribution in [2.24, 2.45) is 0 Å². The van der Waals surface area contributed by atoms with E-state index >= 15 is 0 Å². The van der Waals surface area contributed by atoms with Gasteiger partial charge in [-0.1, -0.05) is 24.3 Å². The van der Waals surface area contributed by atoms with Crippen molar-refractivity contribution in [2.45, 2.75) is 0 Å². The molecule has 0 aliphatic rings. The van der Waals surface area contributed by atoms with Crippen LogP contribution in [0, 0.1) is 0 Å². The predicted octanol–water partition coefficient (Wildman–Crippen LogP) is 2.86.